The Labute approximate surface area is 97.1 Å². The maximum atomic E-state index is 12.9. The first kappa shape index (κ1) is 10.2. The number of carbonyl (C=O) groups excluding carboxylic acids is 1. The maximum absolute atomic E-state index is 12.9. The van der Waals surface area contributed by atoms with Crippen LogP contribution >= 0.6 is 0 Å². The van der Waals surface area contributed by atoms with Gasteiger partial charge in [-0.25, -0.2) is 4.79 Å². The molecule has 4 aliphatic carbocycles. The first-order valence-electron chi connectivity index (χ1n) is 6.12. The molecule has 6 atom stereocenters. The molecule has 1 N–H and O–H groups in total. The molecule has 17 heavy (non-hydrogen) atoms. The van der Waals surface area contributed by atoms with E-state index in [1.165, 1.54) is 0 Å². The molecule has 0 amide bonds. The third-order valence-electron chi connectivity index (χ3n) is 5.83. The van der Waals surface area contributed by atoms with Crippen molar-refractivity contribution in [2.75, 3.05) is 0 Å². The van der Waals surface area contributed by atoms with E-state index in [0.29, 0.717) is 25.7 Å². The minimum Gasteiger partial charge on any atom is -0.454 e. The number of rotatable bonds is 2. The molecule has 5 heteroatoms. The standard InChI is InChI=1S/C12H14F2O3/c1-10(13,14)9(16)17-11-3-5-2-6-8(15)7(4-11)12(5,6)11/h5-8,15H,2-4H2,1H3. The van der Waals surface area contributed by atoms with Gasteiger partial charge in [-0.3, -0.25) is 0 Å². The van der Waals surface area contributed by atoms with Gasteiger partial charge in [0.25, 0.3) is 0 Å². The van der Waals surface area contributed by atoms with Crippen molar-refractivity contribution in [3.8, 4) is 0 Å². The fourth-order valence-corrected chi connectivity index (χ4v) is 5.24. The van der Waals surface area contributed by atoms with Crippen molar-refractivity contribution in [1.82, 2.24) is 0 Å². The van der Waals surface area contributed by atoms with Crippen LogP contribution < -0.4 is 0 Å². The zero-order chi connectivity index (χ0) is 12.2. The van der Waals surface area contributed by atoms with Gasteiger partial charge in [-0.15, -0.1) is 0 Å². The van der Waals surface area contributed by atoms with Gasteiger partial charge in [0.1, 0.15) is 5.60 Å². The lowest BCUT2D eigenvalue weighted by molar-refractivity contribution is -0.481. The summed E-state index contributed by atoms with van der Waals surface area (Å²) in [7, 11) is 0. The minimum atomic E-state index is -3.41. The number of aliphatic hydroxyl groups excluding tert-OH is 1. The number of hydrogen-bond acceptors (Lipinski definition) is 3. The summed E-state index contributed by atoms with van der Waals surface area (Å²) in [6.45, 7) is 0.573. The summed E-state index contributed by atoms with van der Waals surface area (Å²) in [5.41, 5.74) is -0.756. The van der Waals surface area contributed by atoms with Crippen LogP contribution in [0.4, 0.5) is 8.78 Å². The van der Waals surface area contributed by atoms with Crippen LogP contribution in [0.1, 0.15) is 26.2 Å². The molecule has 1 spiro atoms. The van der Waals surface area contributed by atoms with E-state index in [0.717, 1.165) is 6.42 Å². The third-order valence-corrected chi connectivity index (χ3v) is 5.83. The summed E-state index contributed by atoms with van der Waals surface area (Å²) in [4.78, 5) is 11.3. The van der Waals surface area contributed by atoms with E-state index in [1.54, 1.807) is 0 Å². The molecule has 94 valence electrons. The van der Waals surface area contributed by atoms with Gasteiger partial charge in [0.05, 0.1) is 6.10 Å². The van der Waals surface area contributed by atoms with Crippen molar-refractivity contribution in [3.05, 3.63) is 0 Å². The molecule has 0 heterocycles. The van der Waals surface area contributed by atoms with E-state index < -0.39 is 17.5 Å². The van der Waals surface area contributed by atoms with E-state index in [2.05, 4.69) is 0 Å². The Morgan fingerprint density at radius 2 is 2.12 bits per heavy atom. The topological polar surface area (TPSA) is 46.5 Å². The maximum Gasteiger partial charge on any atom is 0.377 e. The molecule has 4 aliphatic rings. The highest BCUT2D eigenvalue weighted by Crippen LogP contribution is 2.89. The molecule has 0 aromatic rings. The molecule has 3 nitrogen and oxygen atoms in total. The van der Waals surface area contributed by atoms with Crippen molar-refractivity contribution in [2.24, 2.45) is 23.2 Å². The van der Waals surface area contributed by atoms with Crippen LogP contribution in [0.2, 0.25) is 0 Å². The summed E-state index contributed by atoms with van der Waals surface area (Å²) >= 11 is 0. The summed E-state index contributed by atoms with van der Waals surface area (Å²) in [5, 5.41) is 9.78. The normalized spacial score (nSPS) is 57.4. The summed E-state index contributed by atoms with van der Waals surface area (Å²) < 4.78 is 30.8. The molecule has 4 saturated carbocycles. The van der Waals surface area contributed by atoms with Crippen LogP contribution in [0.25, 0.3) is 0 Å². The zero-order valence-electron chi connectivity index (χ0n) is 9.45. The lowest BCUT2D eigenvalue weighted by atomic mass is 9.15. The summed E-state index contributed by atoms with van der Waals surface area (Å²) in [6.07, 6.45) is 1.97. The van der Waals surface area contributed by atoms with Gasteiger partial charge in [-0.2, -0.15) is 8.78 Å². The lowest BCUT2D eigenvalue weighted by Gasteiger charge is -2.90. The Hall–Kier alpha value is -0.710. The van der Waals surface area contributed by atoms with Crippen LogP contribution in [0.5, 0.6) is 0 Å². The average Bonchev–Trinajstić information content (AvgIpc) is 2.14. The number of halogens is 2. The molecular formula is C12H14F2O3. The molecule has 4 rings (SSSR count). The average molecular weight is 244 g/mol. The van der Waals surface area contributed by atoms with Crippen LogP contribution in [-0.2, 0) is 9.53 Å². The monoisotopic (exact) mass is 244 g/mol. The zero-order valence-corrected chi connectivity index (χ0v) is 9.45. The van der Waals surface area contributed by atoms with Crippen LogP contribution in [0.15, 0.2) is 0 Å². The van der Waals surface area contributed by atoms with Crippen LogP contribution in [0.3, 0.4) is 0 Å². The van der Waals surface area contributed by atoms with Crippen LogP contribution in [0, 0.1) is 23.2 Å². The smallest absolute Gasteiger partial charge is 0.377 e. The number of ether oxygens (including phenoxy) is 1. The summed E-state index contributed by atoms with van der Waals surface area (Å²) in [6, 6.07) is 0. The second kappa shape index (κ2) is 2.37. The molecule has 0 aliphatic heterocycles. The van der Waals surface area contributed by atoms with Gasteiger partial charge < -0.3 is 9.84 Å². The van der Waals surface area contributed by atoms with Gasteiger partial charge in [-0.05, 0) is 37.0 Å². The number of hydrogen-bond donors (Lipinski definition) is 1. The Morgan fingerprint density at radius 1 is 1.41 bits per heavy atom. The number of alkyl halides is 2. The van der Waals surface area contributed by atoms with Crippen molar-refractivity contribution in [3.63, 3.8) is 0 Å². The predicted octanol–water partition coefficient (Wildman–Crippen LogP) is 1.34. The largest absolute Gasteiger partial charge is 0.454 e. The molecular weight excluding hydrogens is 230 g/mol. The molecule has 6 unspecified atom stereocenters. The highest BCUT2D eigenvalue weighted by Gasteiger charge is 2.93. The van der Waals surface area contributed by atoms with Crippen LogP contribution in [-0.4, -0.2) is 28.7 Å². The van der Waals surface area contributed by atoms with E-state index in [9.17, 15) is 18.7 Å². The Bertz CT molecular complexity index is 424. The fourth-order valence-electron chi connectivity index (χ4n) is 5.24. The molecule has 0 saturated heterocycles. The van der Waals surface area contributed by atoms with Gasteiger partial charge in [-0.1, -0.05) is 0 Å². The van der Waals surface area contributed by atoms with E-state index >= 15 is 0 Å². The fraction of sp³-hybridized carbons (Fsp3) is 0.917. The van der Waals surface area contributed by atoms with Gasteiger partial charge in [0.15, 0.2) is 0 Å². The Morgan fingerprint density at radius 3 is 2.65 bits per heavy atom. The number of aliphatic hydroxyl groups is 1. The van der Waals surface area contributed by atoms with Gasteiger partial charge >= 0.3 is 11.9 Å². The predicted molar refractivity (Wildman–Crippen MR) is 52.2 cm³/mol. The third kappa shape index (κ3) is 0.768. The van der Waals surface area contributed by atoms with E-state index in [-0.39, 0.29) is 23.4 Å². The van der Waals surface area contributed by atoms with Gasteiger partial charge in [0, 0.05) is 12.3 Å². The quantitative estimate of drug-likeness (QED) is 0.746. The van der Waals surface area contributed by atoms with Crippen molar-refractivity contribution >= 4 is 5.97 Å². The Kier molecular flexibility index (Phi) is 1.43. The summed E-state index contributed by atoms with van der Waals surface area (Å²) in [5.74, 6) is -3.94. The highest BCUT2D eigenvalue weighted by molar-refractivity contribution is 5.78. The van der Waals surface area contributed by atoms with E-state index in [1.807, 2.05) is 0 Å². The van der Waals surface area contributed by atoms with Crippen molar-refractivity contribution in [1.29, 1.82) is 0 Å². The van der Waals surface area contributed by atoms with E-state index in [4.69, 9.17) is 4.74 Å². The second-order valence-corrected chi connectivity index (χ2v) is 6.25. The second-order valence-electron chi connectivity index (χ2n) is 6.25. The molecule has 0 radical (unpaired) electrons. The van der Waals surface area contributed by atoms with Crippen molar-refractivity contribution in [2.45, 2.75) is 43.8 Å². The lowest BCUT2D eigenvalue weighted by Crippen LogP contribution is -2.94. The highest BCUT2D eigenvalue weighted by atomic mass is 19.3. The molecule has 0 aromatic carbocycles. The first-order chi connectivity index (χ1) is 7.83. The number of carbonyl (C=O) groups is 1. The SMILES string of the molecule is CC(F)(F)C(=O)OC12CC3CC4C(O)C(C1)C342. The minimum absolute atomic E-state index is 0.104. The molecule has 0 aromatic heterocycles. The van der Waals surface area contributed by atoms with Gasteiger partial charge in [0.2, 0.25) is 0 Å². The molecule has 0 bridgehead atoms. The van der Waals surface area contributed by atoms with Crippen molar-refractivity contribution < 1.29 is 23.4 Å². The molecule has 4 fully saturated rings. The Balaban J connectivity index is 1.56. The first-order valence-corrected chi connectivity index (χ1v) is 6.12. The number of esters is 1.